The third-order valence-electron chi connectivity index (χ3n) is 2.75. The summed E-state index contributed by atoms with van der Waals surface area (Å²) >= 11 is 0. The molecular weight excluding hydrogens is 256 g/mol. The Bertz CT molecular complexity index is 619. The molecule has 20 heavy (non-hydrogen) atoms. The second-order valence-electron chi connectivity index (χ2n) is 4.17. The fourth-order valence-corrected chi connectivity index (χ4v) is 1.75. The van der Waals surface area contributed by atoms with Gasteiger partial charge in [0.1, 0.15) is 18.6 Å². The van der Waals surface area contributed by atoms with Crippen molar-refractivity contribution in [2.45, 2.75) is 6.61 Å². The molecule has 2 rings (SSSR count). The second kappa shape index (κ2) is 6.52. The molecule has 2 aromatic carbocycles. The summed E-state index contributed by atoms with van der Waals surface area (Å²) in [7, 11) is 1.34. The quantitative estimate of drug-likeness (QED) is 0.619. The van der Waals surface area contributed by atoms with Gasteiger partial charge in [-0.25, -0.2) is 4.79 Å². The monoisotopic (exact) mass is 270 g/mol. The van der Waals surface area contributed by atoms with Crippen LogP contribution in [0.25, 0.3) is 0 Å². The van der Waals surface area contributed by atoms with Crippen LogP contribution in [0, 0.1) is 0 Å². The molecule has 102 valence electrons. The molecule has 0 aliphatic rings. The van der Waals surface area contributed by atoms with Gasteiger partial charge in [0.15, 0.2) is 0 Å². The SMILES string of the molecule is COC(=O)c1cccc(COc2cccc(C=O)c2)c1. The van der Waals surface area contributed by atoms with Crippen molar-refractivity contribution >= 4 is 12.3 Å². The molecule has 0 bridgehead atoms. The van der Waals surface area contributed by atoms with Crippen molar-refractivity contribution in [3.63, 3.8) is 0 Å². The molecule has 0 aliphatic heterocycles. The van der Waals surface area contributed by atoms with E-state index in [9.17, 15) is 9.59 Å². The minimum Gasteiger partial charge on any atom is -0.489 e. The number of esters is 1. The Labute approximate surface area is 116 Å². The lowest BCUT2D eigenvalue weighted by molar-refractivity contribution is 0.0600. The number of carbonyl (C=O) groups is 2. The number of hydrogen-bond acceptors (Lipinski definition) is 4. The average Bonchev–Trinajstić information content (AvgIpc) is 2.52. The highest BCUT2D eigenvalue weighted by Gasteiger charge is 2.06. The van der Waals surface area contributed by atoms with Gasteiger partial charge in [0.2, 0.25) is 0 Å². The molecular formula is C16H14O4. The number of benzene rings is 2. The van der Waals surface area contributed by atoms with Gasteiger partial charge in [0, 0.05) is 5.56 Å². The first-order valence-corrected chi connectivity index (χ1v) is 6.08. The summed E-state index contributed by atoms with van der Waals surface area (Å²) < 4.78 is 10.3. The first-order chi connectivity index (χ1) is 9.72. The van der Waals surface area contributed by atoms with Gasteiger partial charge in [0.25, 0.3) is 0 Å². The van der Waals surface area contributed by atoms with Crippen molar-refractivity contribution in [3.8, 4) is 5.75 Å². The topological polar surface area (TPSA) is 52.6 Å². The van der Waals surface area contributed by atoms with Crippen molar-refractivity contribution in [2.24, 2.45) is 0 Å². The van der Waals surface area contributed by atoms with Gasteiger partial charge < -0.3 is 9.47 Å². The lowest BCUT2D eigenvalue weighted by Crippen LogP contribution is -2.03. The number of hydrogen-bond donors (Lipinski definition) is 0. The van der Waals surface area contributed by atoms with Crippen LogP contribution in [0.1, 0.15) is 26.3 Å². The van der Waals surface area contributed by atoms with Crippen LogP contribution in [0.15, 0.2) is 48.5 Å². The van der Waals surface area contributed by atoms with Crippen LogP contribution in [-0.2, 0) is 11.3 Å². The summed E-state index contributed by atoms with van der Waals surface area (Å²) in [6.45, 7) is 0.313. The van der Waals surface area contributed by atoms with Crippen LogP contribution in [0.5, 0.6) is 5.75 Å². The molecule has 0 aromatic heterocycles. The van der Waals surface area contributed by atoms with E-state index in [0.29, 0.717) is 23.5 Å². The summed E-state index contributed by atoms with van der Waals surface area (Å²) in [5.41, 5.74) is 1.89. The molecule has 0 fully saturated rings. The first-order valence-electron chi connectivity index (χ1n) is 6.08. The minimum absolute atomic E-state index is 0.313. The second-order valence-corrected chi connectivity index (χ2v) is 4.17. The standard InChI is InChI=1S/C16H14O4/c1-19-16(18)14-6-2-5-13(8-14)11-20-15-7-3-4-12(9-15)10-17/h2-10H,11H2,1H3. The van der Waals surface area contributed by atoms with Gasteiger partial charge >= 0.3 is 5.97 Å². The van der Waals surface area contributed by atoms with Gasteiger partial charge in [-0.1, -0.05) is 24.3 Å². The largest absolute Gasteiger partial charge is 0.489 e. The molecule has 0 aliphatic carbocycles. The molecule has 0 saturated carbocycles. The number of ether oxygens (including phenoxy) is 2. The van der Waals surface area contributed by atoms with E-state index in [2.05, 4.69) is 4.74 Å². The number of carbonyl (C=O) groups excluding carboxylic acids is 2. The van der Waals surface area contributed by atoms with Crippen LogP contribution >= 0.6 is 0 Å². The zero-order valence-electron chi connectivity index (χ0n) is 11.0. The van der Waals surface area contributed by atoms with Gasteiger partial charge in [-0.3, -0.25) is 4.79 Å². The van der Waals surface area contributed by atoms with Crippen LogP contribution in [-0.4, -0.2) is 19.4 Å². The van der Waals surface area contributed by atoms with Crippen molar-refractivity contribution < 1.29 is 19.1 Å². The molecule has 0 N–H and O–H groups in total. The van der Waals surface area contributed by atoms with Gasteiger partial charge in [0.05, 0.1) is 12.7 Å². The Morgan fingerprint density at radius 3 is 2.70 bits per heavy atom. The highest BCUT2D eigenvalue weighted by molar-refractivity contribution is 5.89. The summed E-state index contributed by atoms with van der Waals surface area (Å²) in [5.74, 6) is 0.230. The van der Waals surface area contributed by atoms with E-state index in [1.165, 1.54) is 7.11 Å². The lowest BCUT2D eigenvalue weighted by atomic mass is 10.1. The Balaban J connectivity index is 2.06. The molecule has 0 atom stereocenters. The van der Waals surface area contributed by atoms with E-state index in [1.807, 2.05) is 6.07 Å². The van der Waals surface area contributed by atoms with Crippen molar-refractivity contribution in [1.82, 2.24) is 0 Å². The lowest BCUT2D eigenvalue weighted by Gasteiger charge is -2.07. The smallest absolute Gasteiger partial charge is 0.337 e. The van der Waals surface area contributed by atoms with Crippen molar-refractivity contribution in [3.05, 3.63) is 65.2 Å². The van der Waals surface area contributed by atoms with E-state index < -0.39 is 0 Å². The Morgan fingerprint density at radius 1 is 1.15 bits per heavy atom. The van der Waals surface area contributed by atoms with Gasteiger partial charge in [-0.15, -0.1) is 0 Å². The van der Waals surface area contributed by atoms with E-state index in [-0.39, 0.29) is 5.97 Å². The molecule has 0 saturated heterocycles. The van der Waals surface area contributed by atoms with E-state index in [4.69, 9.17) is 4.74 Å². The zero-order chi connectivity index (χ0) is 14.4. The number of aldehydes is 1. The van der Waals surface area contributed by atoms with Crippen LogP contribution in [0.3, 0.4) is 0 Å². The number of rotatable bonds is 5. The molecule has 0 unspecified atom stereocenters. The van der Waals surface area contributed by atoms with Crippen LogP contribution in [0.4, 0.5) is 0 Å². The summed E-state index contributed by atoms with van der Waals surface area (Å²) in [5, 5.41) is 0. The summed E-state index contributed by atoms with van der Waals surface area (Å²) in [4.78, 5) is 22.1. The van der Waals surface area contributed by atoms with E-state index in [0.717, 1.165) is 11.8 Å². The maximum Gasteiger partial charge on any atom is 0.337 e. The molecule has 0 heterocycles. The van der Waals surface area contributed by atoms with Crippen LogP contribution in [0.2, 0.25) is 0 Å². The Hall–Kier alpha value is -2.62. The van der Waals surface area contributed by atoms with Crippen LogP contribution < -0.4 is 4.74 Å². The third kappa shape index (κ3) is 3.45. The summed E-state index contributed by atoms with van der Waals surface area (Å²) in [6.07, 6.45) is 0.769. The van der Waals surface area contributed by atoms with Gasteiger partial charge in [-0.05, 0) is 29.8 Å². The van der Waals surface area contributed by atoms with Gasteiger partial charge in [-0.2, -0.15) is 0 Å². The number of methoxy groups -OCH3 is 1. The molecule has 2 aromatic rings. The Kier molecular flexibility index (Phi) is 4.50. The summed E-state index contributed by atoms with van der Waals surface area (Å²) in [6, 6.07) is 13.9. The Morgan fingerprint density at radius 2 is 1.95 bits per heavy atom. The molecule has 0 radical (unpaired) electrons. The third-order valence-corrected chi connectivity index (χ3v) is 2.75. The zero-order valence-corrected chi connectivity index (χ0v) is 11.0. The molecule has 4 nitrogen and oxygen atoms in total. The predicted octanol–water partition coefficient (Wildman–Crippen LogP) is 2.86. The molecule has 0 amide bonds. The average molecular weight is 270 g/mol. The highest BCUT2D eigenvalue weighted by atomic mass is 16.5. The normalized spacial score (nSPS) is 9.85. The maximum atomic E-state index is 11.4. The molecule has 4 heteroatoms. The minimum atomic E-state index is -0.380. The molecule has 0 spiro atoms. The first kappa shape index (κ1) is 13.8. The van der Waals surface area contributed by atoms with E-state index in [1.54, 1.807) is 42.5 Å². The predicted molar refractivity (Wildman–Crippen MR) is 73.9 cm³/mol. The van der Waals surface area contributed by atoms with Crippen molar-refractivity contribution in [2.75, 3.05) is 7.11 Å². The fourth-order valence-electron chi connectivity index (χ4n) is 1.75. The van der Waals surface area contributed by atoms with E-state index >= 15 is 0 Å². The maximum absolute atomic E-state index is 11.4. The fraction of sp³-hybridized carbons (Fsp3) is 0.125. The highest BCUT2D eigenvalue weighted by Crippen LogP contribution is 2.15. The van der Waals surface area contributed by atoms with Crippen molar-refractivity contribution in [1.29, 1.82) is 0 Å².